The second-order valence-corrected chi connectivity index (χ2v) is 21.0. The van der Waals surface area contributed by atoms with E-state index >= 15 is 0 Å². The van der Waals surface area contributed by atoms with Gasteiger partial charge in [0.05, 0.1) is 25.0 Å². The highest BCUT2D eigenvalue weighted by Crippen LogP contribution is 2.40. The number of nitrogens with one attached hydrogen (secondary N) is 2. The summed E-state index contributed by atoms with van der Waals surface area (Å²) in [6, 6.07) is 35.8. The molecule has 2 aliphatic heterocycles. The molecule has 0 saturated carbocycles. The Balaban J connectivity index is 1.02. The molecular weight excluding hydrogens is 901 g/mol. The van der Waals surface area contributed by atoms with Crippen LogP contribution in [0.25, 0.3) is 11.1 Å². The Morgan fingerprint density at radius 2 is 1.59 bits per heavy atom. The molecule has 64 heavy (non-hydrogen) atoms. The third-order valence-electron chi connectivity index (χ3n) is 11.6. The standard InChI is InChI=1S/C48H52ClF3N4O5S3/c1-2-63(41-20-21-44(45(32-41)64(59,60)48(50,51)52)53-38(24-25-55-28-30-61-31-29-55)33-62-40-8-4-3-5-9-40)54-47(58)36-14-18-39(19-15-36)56-26-22-35(23-27-56)46(57)43-11-7-6-10-42(43)34-12-16-37(49)17-13-34/h2-21,32,35,38,46,53,57H,22-31,33H2,1H3,(H,54,58)/t38-,46+,63?/m1/s1. The van der Waals surface area contributed by atoms with Crippen LogP contribution >= 0.6 is 34.0 Å². The van der Waals surface area contributed by atoms with Gasteiger partial charge in [0, 0.05) is 70.6 Å². The molecule has 0 bridgehead atoms. The van der Waals surface area contributed by atoms with E-state index in [1.807, 2.05) is 91.0 Å². The summed E-state index contributed by atoms with van der Waals surface area (Å²) in [6.45, 7) is 6.40. The number of morpholine rings is 1. The molecule has 0 aliphatic carbocycles. The third kappa shape index (κ3) is 11.9. The van der Waals surface area contributed by atoms with E-state index in [1.165, 1.54) is 17.8 Å². The molecule has 2 heterocycles. The number of halogens is 4. The van der Waals surface area contributed by atoms with E-state index in [1.54, 1.807) is 30.5 Å². The monoisotopic (exact) mass is 952 g/mol. The number of aliphatic hydroxyl groups is 1. The highest BCUT2D eigenvalue weighted by atomic mass is 35.5. The SMILES string of the molecule is C/C=S(\NC(=O)c1ccc(N2CCC([C@H](O)c3ccccc3-c3ccc(Cl)cc3)CC2)cc1)c1ccc(N[C@H](CCN2CCOCC2)CSc2ccccc2)c(S(=O)(=O)C(F)(F)F)c1. The smallest absolute Gasteiger partial charge is 0.388 e. The van der Waals surface area contributed by atoms with Gasteiger partial charge in [-0.25, -0.2) is 8.42 Å². The van der Waals surface area contributed by atoms with Gasteiger partial charge in [0.1, 0.15) is 4.90 Å². The first-order chi connectivity index (χ1) is 30.8. The first-order valence-electron chi connectivity index (χ1n) is 21.2. The number of nitrogens with zero attached hydrogens (tertiary/aromatic N) is 2. The van der Waals surface area contributed by atoms with Crippen LogP contribution < -0.4 is 14.9 Å². The topological polar surface area (TPSA) is 111 Å². The average molecular weight is 954 g/mol. The lowest BCUT2D eigenvalue weighted by Gasteiger charge is -2.36. The van der Waals surface area contributed by atoms with Gasteiger partial charge in [-0.3, -0.25) is 14.4 Å². The van der Waals surface area contributed by atoms with E-state index in [2.05, 4.69) is 19.8 Å². The molecule has 2 fully saturated rings. The van der Waals surface area contributed by atoms with E-state index < -0.39 is 42.9 Å². The summed E-state index contributed by atoms with van der Waals surface area (Å²) in [4.78, 5) is 18.4. The second kappa shape index (κ2) is 21.8. The average Bonchev–Trinajstić information content (AvgIpc) is 3.32. The van der Waals surface area contributed by atoms with Gasteiger partial charge in [-0.05, 0) is 121 Å². The highest BCUT2D eigenvalue weighted by Gasteiger charge is 2.48. The van der Waals surface area contributed by atoms with Gasteiger partial charge in [-0.2, -0.15) is 13.2 Å². The Bertz CT molecular complexity index is 2480. The van der Waals surface area contributed by atoms with Gasteiger partial charge in [0.25, 0.3) is 15.7 Å². The van der Waals surface area contributed by atoms with Crippen LogP contribution in [-0.2, 0) is 14.6 Å². The fraction of sp³-hybridized carbons (Fsp3) is 0.333. The zero-order chi connectivity index (χ0) is 45.3. The van der Waals surface area contributed by atoms with Crippen molar-refractivity contribution in [1.82, 2.24) is 9.62 Å². The third-order valence-corrected chi connectivity index (χ3v) is 16.2. The molecule has 5 aromatic rings. The lowest BCUT2D eigenvalue weighted by Crippen LogP contribution is -2.39. The minimum absolute atomic E-state index is 0.0508. The Morgan fingerprint density at radius 1 is 0.922 bits per heavy atom. The summed E-state index contributed by atoms with van der Waals surface area (Å²) in [7, 11) is -7.04. The quantitative estimate of drug-likeness (QED) is 0.0658. The summed E-state index contributed by atoms with van der Waals surface area (Å²) in [5.41, 5.74) is -1.60. The number of thioether (sulfide) groups is 1. The molecule has 2 aliphatic rings. The molecule has 3 N–H and O–H groups in total. The van der Waals surface area contributed by atoms with E-state index in [4.69, 9.17) is 16.3 Å². The molecule has 340 valence electrons. The summed E-state index contributed by atoms with van der Waals surface area (Å²) in [5.74, 6) is 0.0684. The molecule has 16 heteroatoms. The van der Waals surface area contributed by atoms with Crippen molar-refractivity contribution in [3.8, 4) is 11.1 Å². The zero-order valence-corrected chi connectivity index (χ0v) is 38.6. The number of hydrogen-bond acceptors (Lipinski definition) is 9. The maximum absolute atomic E-state index is 14.3. The highest BCUT2D eigenvalue weighted by molar-refractivity contribution is 8.13. The lowest BCUT2D eigenvalue weighted by atomic mass is 9.84. The second-order valence-electron chi connectivity index (χ2n) is 15.7. The van der Waals surface area contributed by atoms with Crippen molar-refractivity contribution in [3.63, 3.8) is 0 Å². The largest absolute Gasteiger partial charge is 0.501 e. The lowest BCUT2D eigenvalue weighted by molar-refractivity contribution is -0.0435. The van der Waals surface area contributed by atoms with Crippen molar-refractivity contribution < 1.29 is 36.2 Å². The predicted molar refractivity (Wildman–Crippen MR) is 254 cm³/mol. The van der Waals surface area contributed by atoms with Gasteiger partial charge in [0.15, 0.2) is 0 Å². The Labute approximate surface area is 385 Å². The number of hydrogen-bond donors (Lipinski definition) is 3. The van der Waals surface area contributed by atoms with Gasteiger partial charge < -0.3 is 20.1 Å². The van der Waals surface area contributed by atoms with Gasteiger partial charge in [-0.15, -0.1) is 11.8 Å². The summed E-state index contributed by atoms with van der Waals surface area (Å²) in [5, 5.41) is 17.0. The number of ether oxygens (including phenoxy) is 1. The van der Waals surface area contributed by atoms with Crippen LogP contribution in [0.5, 0.6) is 0 Å². The number of rotatable bonds is 16. The Morgan fingerprint density at radius 3 is 2.27 bits per heavy atom. The van der Waals surface area contributed by atoms with Gasteiger partial charge in [0.2, 0.25) is 0 Å². The Kier molecular flexibility index (Phi) is 16.2. The van der Waals surface area contributed by atoms with Crippen molar-refractivity contribution in [2.45, 2.75) is 58.5 Å². The molecular formula is C48H52ClF3N4O5S3. The number of amides is 1. The van der Waals surface area contributed by atoms with Gasteiger partial charge >= 0.3 is 5.51 Å². The van der Waals surface area contributed by atoms with E-state index in [0.717, 1.165) is 59.3 Å². The molecule has 0 aromatic heterocycles. The normalized spacial score (nSPS) is 16.9. The first kappa shape index (κ1) is 47.6. The maximum Gasteiger partial charge on any atom is 0.501 e. The number of aliphatic hydroxyl groups excluding tert-OH is 1. The van der Waals surface area contributed by atoms with Crippen molar-refractivity contribution >= 4 is 66.5 Å². The van der Waals surface area contributed by atoms with Crippen LogP contribution in [0, 0.1) is 5.92 Å². The van der Waals surface area contributed by atoms with Crippen molar-refractivity contribution in [2.24, 2.45) is 5.92 Å². The van der Waals surface area contributed by atoms with Crippen LogP contribution in [0.2, 0.25) is 5.02 Å². The fourth-order valence-corrected chi connectivity index (χ4v) is 11.4. The fourth-order valence-electron chi connectivity index (χ4n) is 8.01. The molecule has 1 unspecified atom stereocenters. The molecule has 0 radical (unpaired) electrons. The number of alkyl halides is 3. The van der Waals surface area contributed by atoms with E-state index in [-0.39, 0.29) is 22.5 Å². The molecule has 2 saturated heterocycles. The molecule has 3 atom stereocenters. The van der Waals surface area contributed by atoms with Crippen molar-refractivity contribution in [1.29, 1.82) is 0 Å². The minimum atomic E-state index is -5.79. The number of carbonyl (C=O) groups excluding carboxylic acids is 1. The summed E-state index contributed by atoms with van der Waals surface area (Å²) >= 11 is 7.66. The van der Waals surface area contributed by atoms with Gasteiger partial charge in [-0.1, -0.05) is 76.9 Å². The Hall–Kier alpha value is -4.35. The minimum Gasteiger partial charge on any atom is -0.388 e. The predicted octanol–water partition coefficient (Wildman–Crippen LogP) is 10.3. The van der Waals surface area contributed by atoms with Crippen LogP contribution in [0.3, 0.4) is 0 Å². The number of benzene rings is 5. The number of piperidine rings is 1. The first-order valence-corrected chi connectivity index (χ1v) is 25.4. The molecule has 5 aromatic carbocycles. The van der Waals surface area contributed by atoms with Crippen LogP contribution in [0.4, 0.5) is 24.5 Å². The van der Waals surface area contributed by atoms with E-state index in [0.29, 0.717) is 55.6 Å². The number of anilines is 2. The summed E-state index contributed by atoms with van der Waals surface area (Å²) in [6.07, 6.45) is 1.43. The maximum atomic E-state index is 14.3. The van der Waals surface area contributed by atoms with Crippen molar-refractivity contribution in [3.05, 3.63) is 137 Å². The summed E-state index contributed by atoms with van der Waals surface area (Å²) < 4.78 is 77.6. The number of sulfone groups is 1. The molecule has 0 spiro atoms. The van der Waals surface area contributed by atoms with Crippen molar-refractivity contribution in [2.75, 3.05) is 61.9 Å². The molecule has 7 rings (SSSR count). The van der Waals surface area contributed by atoms with Crippen LogP contribution in [-0.4, -0.2) is 92.9 Å². The van der Waals surface area contributed by atoms with Crippen LogP contribution in [0.15, 0.2) is 136 Å². The van der Waals surface area contributed by atoms with E-state index in [9.17, 15) is 31.5 Å². The zero-order valence-electron chi connectivity index (χ0n) is 35.3. The molecule has 1 amide bonds. The van der Waals surface area contributed by atoms with Crippen LogP contribution in [0.1, 0.15) is 48.2 Å². The number of carbonyl (C=O) groups is 1. The molecule has 9 nitrogen and oxygen atoms in total.